The van der Waals surface area contributed by atoms with Gasteiger partial charge in [-0.1, -0.05) is 6.07 Å². The molecule has 1 heterocycles. The fraction of sp³-hybridized carbons (Fsp3) is 0.0769. The molecule has 0 aromatic heterocycles. The number of rotatable bonds is 5. The largest absolute Gasteiger partial charge is 0.480 e. The van der Waals surface area contributed by atoms with E-state index in [2.05, 4.69) is 10.5 Å². The van der Waals surface area contributed by atoms with Crippen LogP contribution in [0.3, 0.4) is 0 Å². The van der Waals surface area contributed by atoms with Crippen molar-refractivity contribution in [2.24, 2.45) is 10.8 Å². The molecule has 10 heteroatoms. The third-order valence-electron chi connectivity index (χ3n) is 2.94. The number of carboxylic acid groups (broad SMARTS) is 1. The van der Waals surface area contributed by atoms with Gasteiger partial charge in [-0.3, -0.25) is 30.1 Å². The predicted molar refractivity (Wildman–Crippen MR) is 78.0 cm³/mol. The molecule has 2 rings (SSSR count). The van der Waals surface area contributed by atoms with Crippen molar-refractivity contribution in [3.05, 3.63) is 29.3 Å². The van der Waals surface area contributed by atoms with Crippen molar-refractivity contribution >= 4 is 35.0 Å². The first-order chi connectivity index (χ1) is 10.9. The van der Waals surface area contributed by atoms with Crippen LogP contribution in [0.2, 0.25) is 0 Å². The number of fused-ring (bicyclic) bond motifs is 1. The van der Waals surface area contributed by atoms with Gasteiger partial charge >= 0.3 is 5.97 Å². The van der Waals surface area contributed by atoms with Crippen LogP contribution in [-0.4, -0.2) is 45.9 Å². The summed E-state index contributed by atoms with van der Waals surface area (Å²) in [7, 11) is 0. The van der Waals surface area contributed by atoms with Gasteiger partial charge in [-0.15, -0.1) is 0 Å². The molecule has 1 aromatic carbocycles. The highest BCUT2D eigenvalue weighted by Gasteiger charge is 2.38. The number of carbonyl (C=O) groups excluding carboxylic acids is 2. The Morgan fingerprint density at radius 2 is 2.13 bits per heavy atom. The maximum absolute atomic E-state index is 12.2. The van der Waals surface area contributed by atoms with Crippen molar-refractivity contribution in [1.82, 2.24) is 4.90 Å². The maximum Gasteiger partial charge on any atom is 0.323 e. The van der Waals surface area contributed by atoms with E-state index in [9.17, 15) is 14.4 Å². The molecule has 0 saturated carbocycles. The van der Waals surface area contributed by atoms with Crippen LogP contribution in [0.15, 0.2) is 23.3 Å². The van der Waals surface area contributed by atoms with Gasteiger partial charge in [0.1, 0.15) is 12.6 Å². The average molecular weight is 314 g/mol. The monoisotopic (exact) mass is 314 g/mol. The third kappa shape index (κ3) is 2.84. The third-order valence-corrected chi connectivity index (χ3v) is 2.94. The Hall–Kier alpha value is -3.74. The molecule has 0 unspecified atom stereocenters. The van der Waals surface area contributed by atoms with Gasteiger partial charge in [0, 0.05) is 0 Å². The topological polar surface area (TPSA) is 173 Å². The fourth-order valence-corrected chi connectivity index (χ4v) is 1.97. The van der Waals surface area contributed by atoms with Crippen LogP contribution < -0.4 is 11.2 Å². The number of carbonyl (C=O) groups is 3. The van der Waals surface area contributed by atoms with Gasteiger partial charge in [0.2, 0.25) is 5.71 Å². The highest BCUT2D eigenvalue weighted by molar-refractivity contribution is 6.45. The molecule has 0 spiro atoms. The number of nitriles is 1. The number of benzene rings is 1. The van der Waals surface area contributed by atoms with Crippen LogP contribution >= 0.6 is 0 Å². The van der Waals surface area contributed by atoms with E-state index >= 15 is 0 Å². The number of nitrogens with zero attached hydrogens (tertiary/aromatic N) is 3. The summed E-state index contributed by atoms with van der Waals surface area (Å²) in [4.78, 5) is 35.7. The van der Waals surface area contributed by atoms with E-state index in [4.69, 9.17) is 21.5 Å². The number of carboxylic acids is 1. The number of amides is 2. The lowest BCUT2D eigenvalue weighted by molar-refractivity contribution is -0.137. The van der Waals surface area contributed by atoms with E-state index < -0.39 is 35.9 Å². The summed E-state index contributed by atoms with van der Waals surface area (Å²) in [6.07, 6.45) is 0. The van der Waals surface area contributed by atoms with Crippen molar-refractivity contribution in [1.29, 1.82) is 10.7 Å². The number of nitrogens with two attached hydrogens (primary N) is 1. The quantitative estimate of drug-likeness (QED) is 0.247. The van der Waals surface area contributed by atoms with E-state index in [-0.39, 0.29) is 16.8 Å². The molecule has 2 amide bonds. The molecule has 1 aromatic rings. The summed E-state index contributed by atoms with van der Waals surface area (Å²) in [6.45, 7) is -0.758. The van der Waals surface area contributed by atoms with Crippen LogP contribution in [0.25, 0.3) is 0 Å². The first-order valence-electron chi connectivity index (χ1n) is 6.16. The molecule has 116 valence electrons. The molecule has 10 nitrogen and oxygen atoms in total. The fourth-order valence-electron chi connectivity index (χ4n) is 1.97. The zero-order valence-electron chi connectivity index (χ0n) is 11.5. The minimum absolute atomic E-state index is 0.0257. The number of imide groups is 1. The number of hydrogen-bond donors (Lipinski definition) is 4. The highest BCUT2D eigenvalue weighted by atomic mass is 16.4. The molecular weight excluding hydrogens is 304 g/mol. The molecule has 23 heavy (non-hydrogen) atoms. The lowest BCUT2D eigenvalue weighted by Crippen LogP contribution is -2.34. The first-order valence-corrected chi connectivity index (χ1v) is 6.16. The van der Waals surface area contributed by atoms with Gasteiger partial charge in [0.05, 0.1) is 16.8 Å². The van der Waals surface area contributed by atoms with E-state index in [1.165, 1.54) is 18.2 Å². The van der Waals surface area contributed by atoms with E-state index in [1.807, 2.05) is 0 Å². The molecule has 1 aliphatic heterocycles. The summed E-state index contributed by atoms with van der Waals surface area (Å²) >= 11 is 0. The number of aliphatic carboxylic acids is 1. The van der Waals surface area contributed by atoms with Gasteiger partial charge in [0.15, 0.2) is 5.84 Å². The van der Waals surface area contributed by atoms with Crippen molar-refractivity contribution < 1.29 is 19.5 Å². The smallest absolute Gasteiger partial charge is 0.323 e. The zero-order chi connectivity index (χ0) is 17.1. The minimum atomic E-state index is -1.32. The molecule has 1 aliphatic rings. The molecule has 0 bridgehead atoms. The van der Waals surface area contributed by atoms with Crippen molar-refractivity contribution in [3.8, 4) is 6.07 Å². The Bertz CT molecular complexity index is 807. The molecule has 0 aliphatic carbocycles. The average Bonchev–Trinajstić information content (AvgIpc) is 2.73. The number of hydrogen-bond acceptors (Lipinski definition) is 7. The summed E-state index contributed by atoms with van der Waals surface area (Å²) in [6, 6.07) is 5.86. The normalized spacial score (nSPS) is 13.5. The second-order valence-electron chi connectivity index (χ2n) is 4.42. The summed E-state index contributed by atoms with van der Waals surface area (Å²) in [5, 5.41) is 28.3. The molecule has 0 saturated heterocycles. The number of hydrazone groups is 1. The van der Waals surface area contributed by atoms with Crippen LogP contribution in [0.5, 0.6) is 0 Å². The van der Waals surface area contributed by atoms with Gasteiger partial charge in [-0.2, -0.15) is 10.4 Å². The van der Waals surface area contributed by atoms with Crippen LogP contribution in [0.1, 0.15) is 20.7 Å². The minimum Gasteiger partial charge on any atom is -0.480 e. The van der Waals surface area contributed by atoms with Crippen molar-refractivity contribution in [2.75, 3.05) is 12.0 Å². The van der Waals surface area contributed by atoms with Crippen LogP contribution in [0.4, 0.5) is 5.69 Å². The lowest BCUT2D eigenvalue weighted by Gasteiger charge is -2.10. The van der Waals surface area contributed by atoms with E-state index in [0.29, 0.717) is 4.90 Å². The molecule has 5 N–H and O–H groups in total. The second kappa shape index (κ2) is 5.94. The van der Waals surface area contributed by atoms with E-state index in [0.717, 1.165) is 0 Å². The molecule has 0 atom stereocenters. The predicted octanol–water partition coefficient (Wildman–Crippen LogP) is -0.405. The number of amidine groups is 1. The Labute approximate surface area is 129 Å². The lowest BCUT2D eigenvalue weighted by atomic mass is 10.1. The Morgan fingerprint density at radius 1 is 1.43 bits per heavy atom. The van der Waals surface area contributed by atoms with E-state index in [1.54, 1.807) is 6.07 Å². The second-order valence-corrected chi connectivity index (χ2v) is 4.42. The molecule has 0 fully saturated rings. The SMILES string of the molecule is N#C/C(=N\Nc1cccc2c1C(=O)N(CC(=O)O)C2=O)C(=N)N. The summed E-state index contributed by atoms with van der Waals surface area (Å²) < 4.78 is 0. The molecular formula is C13H10N6O4. The van der Waals surface area contributed by atoms with Crippen LogP contribution in [0, 0.1) is 16.7 Å². The Balaban J connectivity index is 2.41. The van der Waals surface area contributed by atoms with Crippen molar-refractivity contribution in [2.45, 2.75) is 0 Å². The molecule has 0 radical (unpaired) electrons. The van der Waals surface area contributed by atoms with Gasteiger partial charge in [-0.25, -0.2) is 0 Å². The number of anilines is 1. The standard InChI is InChI=1S/C13H10N6O4/c14-4-8(11(15)16)18-17-7-3-1-2-6-10(7)13(23)19(12(6)22)5-9(20)21/h1-3,17H,5H2,(H3,15,16)(H,20,21)/b18-8+. The Morgan fingerprint density at radius 3 is 2.70 bits per heavy atom. The van der Waals surface area contributed by atoms with Gasteiger partial charge in [-0.05, 0) is 12.1 Å². The number of nitrogens with one attached hydrogen (secondary N) is 2. The van der Waals surface area contributed by atoms with Crippen molar-refractivity contribution in [3.63, 3.8) is 0 Å². The highest BCUT2D eigenvalue weighted by Crippen LogP contribution is 2.29. The maximum atomic E-state index is 12.2. The first kappa shape index (κ1) is 15.6. The van der Waals surface area contributed by atoms with Crippen LogP contribution in [-0.2, 0) is 4.79 Å². The Kier molecular flexibility index (Phi) is 4.04. The zero-order valence-corrected chi connectivity index (χ0v) is 11.5. The van der Waals surface area contributed by atoms with Gasteiger partial charge in [0.25, 0.3) is 11.8 Å². The summed E-state index contributed by atoms with van der Waals surface area (Å²) in [5.74, 6) is -3.41. The summed E-state index contributed by atoms with van der Waals surface area (Å²) in [5.41, 5.74) is 7.22. The van der Waals surface area contributed by atoms with Gasteiger partial charge < -0.3 is 10.8 Å².